The second-order valence-electron chi connectivity index (χ2n) is 7.15. The summed E-state index contributed by atoms with van der Waals surface area (Å²) >= 11 is 3.34. The van der Waals surface area contributed by atoms with Gasteiger partial charge in [0.2, 0.25) is 0 Å². The predicted molar refractivity (Wildman–Crippen MR) is 106 cm³/mol. The molecule has 1 N–H and O–H groups in total. The Hall–Kier alpha value is -2.47. The van der Waals surface area contributed by atoms with Gasteiger partial charge >= 0.3 is 0 Å². The number of carbonyl (C=O) groups is 1. The van der Waals surface area contributed by atoms with Crippen molar-refractivity contribution in [2.75, 3.05) is 5.32 Å². The van der Waals surface area contributed by atoms with E-state index in [1.54, 1.807) is 18.5 Å². The maximum atomic E-state index is 12.6. The molecule has 2 aromatic heterocycles. The van der Waals surface area contributed by atoms with Gasteiger partial charge in [0, 0.05) is 28.3 Å². The quantitative estimate of drug-likeness (QED) is 0.678. The monoisotopic (exact) mass is 412 g/mol. The van der Waals surface area contributed by atoms with Gasteiger partial charge in [0.25, 0.3) is 5.91 Å². The minimum absolute atomic E-state index is 0.112. The maximum Gasteiger partial charge on any atom is 0.258 e. The summed E-state index contributed by atoms with van der Waals surface area (Å²) in [6.07, 6.45) is 3.19. The van der Waals surface area contributed by atoms with Crippen LogP contribution in [0, 0.1) is 0 Å². The summed E-state index contributed by atoms with van der Waals surface area (Å²) in [5.74, 6) is 0.456. The third-order valence-corrected chi connectivity index (χ3v) is 4.37. The van der Waals surface area contributed by atoms with Crippen LogP contribution in [0.15, 0.2) is 59.3 Å². The van der Waals surface area contributed by atoms with Crippen molar-refractivity contribution in [2.45, 2.75) is 32.7 Å². The van der Waals surface area contributed by atoms with Crippen molar-refractivity contribution >= 4 is 27.7 Å². The van der Waals surface area contributed by atoms with Crippen LogP contribution in [0.4, 0.5) is 5.82 Å². The van der Waals surface area contributed by atoms with Gasteiger partial charge in [0.1, 0.15) is 5.82 Å². The highest BCUT2D eigenvalue weighted by Gasteiger charge is 2.21. The molecule has 3 rings (SSSR count). The highest BCUT2D eigenvalue weighted by atomic mass is 79.9. The summed E-state index contributed by atoms with van der Waals surface area (Å²) in [6.45, 7) is 6.90. The molecule has 0 fully saturated rings. The third kappa shape index (κ3) is 4.38. The fourth-order valence-electron chi connectivity index (χ4n) is 2.49. The van der Waals surface area contributed by atoms with Gasteiger partial charge in [-0.3, -0.25) is 9.78 Å². The Balaban J connectivity index is 1.91. The van der Waals surface area contributed by atoms with E-state index in [2.05, 4.69) is 47.0 Å². The zero-order chi connectivity index (χ0) is 18.7. The van der Waals surface area contributed by atoms with Crippen molar-refractivity contribution in [1.82, 2.24) is 14.8 Å². The number of benzene rings is 1. The van der Waals surface area contributed by atoms with Crippen LogP contribution >= 0.6 is 15.9 Å². The van der Waals surface area contributed by atoms with Crippen LogP contribution in [0.2, 0.25) is 0 Å². The van der Waals surface area contributed by atoms with Crippen molar-refractivity contribution in [1.29, 1.82) is 0 Å². The molecule has 3 aromatic rings. The topological polar surface area (TPSA) is 59.8 Å². The maximum absolute atomic E-state index is 12.6. The largest absolute Gasteiger partial charge is 0.307 e. The number of carbonyl (C=O) groups excluding carboxylic acids is 1. The molecule has 0 saturated heterocycles. The average molecular weight is 413 g/mol. The van der Waals surface area contributed by atoms with Crippen LogP contribution in [-0.4, -0.2) is 20.7 Å². The Bertz CT molecular complexity index is 913. The van der Waals surface area contributed by atoms with E-state index in [9.17, 15) is 4.79 Å². The molecule has 1 aromatic carbocycles. The van der Waals surface area contributed by atoms with Crippen molar-refractivity contribution < 1.29 is 4.79 Å². The molecular formula is C20H21BrN4O. The Morgan fingerprint density at radius 1 is 1.15 bits per heavy atom. The number of amides is 1. The number of anilines is 1. The molecule has 0 aliphatic rings. The highest BCUT2D eigenvalue weighted by molar-refractivity contribution is 9.10. The first kappa shape index (κ1) is 18.3. The standard InChI is InChI=1S/C20H21BrN4O/c1-20(2,3)17-10-18(23-19(26)15-9-16(21)12-22-11-15)25(24-17)13-14-7-5-4-6-8-14/h4-12H,13H2,1-3H3,(H,23,26). The first-order valence-electron chi connectivity index (χ1n) is 8.37. The van der Waals surface area contributed by atoms with Gasteiger partial charge in [-0.15, -0.1) is 0 Å². The SMILES string of the molecule is CC(C)(C)c1cc(NC(=O)c2cncc(Br)c2)n(Cc2ccccc2)n1. The summed E-state index contributed by atoms with van der Waals surface area (Å²) in [7, 11) is 0. The van der Waals surface area contributed by atoms with E-state index in [1.807, 2.05) is 41.1 Å². The van der Waals surface area contributed by atoms with E-state index in [4.69, 9.17) is 5.10 Å². The Morgan fingerprint density at radius 2 is 1.88 bits per heavy atom. The van der Waals surface area contributed by atoms with Crippen LogP contribution in [0.5, 0.6) is 0 Å². The van der Waals surface area contributed by atoms with E-state index in [-0.39, 0.29) is 11.3 Å². The van der Waals surface area contributed by atoms with Crippen LogP contribution < -0.4 is 5.32 Å². The van der Waals surface area contributed by atoms with Crippen LogP contribution in [0.25, 0.3) is 0 Å². The summed E-state index contributed by atoms with van der Waals surface area (Å²) in [4.78, 5) is 16.7. The van der Waals surface area contributed by atoms with Crippen molar-refractivity contribution in [3.8, 4) is 0 Å². The molecule has 134 valence electrons. The molecule has 1 amide bonds. The Kier molecular flexibility index (Phi) is 5.23. The molecule has 0 aliphatic carbocycles. The van der Waals surface area contributed by atoms with Gasteiger partial charge in [-0.25, -0.2) is 4.68 Å². The highest BCUT2D eigenvalue weighted by Crippen LogP contribution is 2.25. The average Bonchev–Trinajstić information content (AvgIpc) is 2.99. The first-order valence-corrected chi connectivity index (χ1v) is 9.16. The number of nitrogens with zero attached hydrogens (tertiary/aromatic N) is 3. The summed E-state index contributed by atoms with van der Waals surface area (Å²) < 4.78 is 2.59. The number of rotatable bonds is 4. The van der Waals surface area contributed by atoms with Crippen molar-refractivity contribution in [3.63, 3.8) is 0 Å². The second kappa shape index (κ2) is 7.41. The first-order chi connectivity index (χ1) is 12.3. The van der Waals surface area contributed by atoms with Gasteiger partial charge in [-0.1, -0.05) is 51.1 Å². The Morgan fingerprint density at radius 3 is 2.54 bits per heavy atom. The molecule has 5 nitrogen and oxygen atoms in total. The Labute approximate surface area is 161 Å². The predicted octanol–water partition coefficient (Wildman–Crippen LogP) is 4.64. The van der Waals surface area contributed by atoms with E-state index in [1.165, 1.54) is 0 Å². The van der Waals surface area contributed by atoms with Gasteiger partial charge in [0.15, 0.2) is 0 Å². The van der Waals surface area contributed by atoms with Gasteiger partial charge in [0.05, 0.1) is 17.8 Å². The number of pyridine rings is 1. The smallest absolute Gasteiger partial charge is 0.258 e. The minimum Gasteiger partial charge on any atom is -0.307 e. The zero-order valence-corrected chi connectivity index (χ0v) is 16.6. The molecule has 0 spiro atoms. The molecule has 6 heteroatoms. The third-order valence-electron chi connectivity index (χ3n) is 3.93. The van der Waals surface area contributed by atoms with Crippen molar-refractivity contribution in [2.24, 2.45) is 0 Å². The lowest BCUT2D eigenvalue weighted by Gasteiger charge is -2.14. The van der Waals surface area contributed by atoms with Gasteiger partial charge in [-0.05, 0) is 27.6 Å². The van der Waals surface area contributed by atoms with Crippen LogP contribution in [-0.2, 0) is 12.0 Å². The number of hydrogen-bond acceptors (Lipinski definition) is 3. The number of nitrogens with one attached hydrogen (secondary N) is 1. The second-order valence-corrected chi connectivity index (χ2v) is 8.07. The van der Waals surface area contributed by atoms with E-state index in [0.717, 1.165) is 15.7 Å². The molecule has 0 radical (unpaired) electrons. The lowest BCUT2D eigenvalue weighted by atomic mass is 9.92. The van der Waals surface area contributed by atoms with E-state index >= 15 is 0 Å². The molecule has 0 aliphatic heterocycles. The van der Waals surface area contributed by atoms with Crippen LogP contribution in [0.3, 0.4) is 0 Å². The number of aromatic nitrogens is 3. The molecule has 26 heavy (non-hydrogen) atoms. The lowest BCUT2D eigenvalue weighted by molar-refractivity contribution is 0.102. The molecule has 0 atom stereocenters. The molecular weight excluding hydrogens is 392 g/mol. The van der Waals surface area contributed by atoms with E-state index < -0.39 is 0 Å². The molecule has 0 bridgehead atoms. The molecule has 2 heterocycles. The fourth-order valence-corrected chi connectivity index (χ4v) is 2.85. The van der Waals surface area contributed by atoms with Gasteiger partial charge < -0.3 is 5.32 Å². The summed E-state index contributed by atoms with van der Waals surface area (Å²) in [5.41, 5.74) is 2.43. The van der Waals surface area contributed by atoms with Crippen molar-refractivity contribution in [3.05, 3.63) is 76.2 Å². The number of halogens is 1. The lowest BCUT2D eigenvalue weighted by Crippen LogP contribution is -2.16. The van der Waals surface area contributed by atoms with E-state index in [0.29, 0.717) is 17.9 Å². The minimum atomic E-state index is -0.214. The van der Waals surface area contributed by atoms with Gasteiger partial charge in [-0.2, -0.15) is 5.10 Å². The molecule has 0 saturated carbocycles. The zero-order valence-electron chi connectivity index (χ0n) is 15.0. The fraction of sp³-hybridized carbons (Fsp3) is 0.250. The van der Waals surface area contributed by atoms with Crippen LogP contribution in [0.1, 0.15) is 42.4 Å². The normalized spacial score (nSPS) is 11.4. The summed E-state index contributed by atoms with van der Waals surface area (Å²) in [5, 5.41) is 7.69. The summed E-state index contributed by atoms with van der Waals surface area (Å²) in [6, 6.07) is 13.7. The molecule has 0 unspecified atom stereocenters. The number of hydrogen-bond donors (Lipinski definition) is 1.